The van der Waals surface area contributed by atoms with Crippen LogP contribution in [0.2, 0.25) is 0 Å². The summed E-state index contributed by atoms with van der Waals surface area (Å²) in [5.74, 6) is 0.953. The van der Waals surface area contributed by atoms with Crippen LogP contribution in [0, 0.1) is 12.8 Å². The van der Waals surface area contributed by atoms with Gasteiger partial charge in [0.1, 0.15) is 5.69 Å². The molecule has 0 spiro atoms. The number of aryl methyl sites for hydroxylation is 1. The summed E-state index contributed by atoms with van der Waals surface area (Å²) in [5, 5.41) is 2.99. The minimum atomic E-state index is -3.23. The number of hydrogen-bond donors (Lipinski definition) is 2. The lowest BCUT2D eigenvalue weighted by molar-refractivity contribution is -0.122. The largest absolute Gasteiger partial charge is 0.350 e. The molecule has 3 heterocycles. The molecule has 2 atom stereocenters. The van der Waals surface area contributed by atoms with Gasteiger partial charge in [-0.1, -0.05) is 12.8 Å². The highest BCUT2D eigenvalue weighted by Crippen LogP contribution is 2.31. The quantitative estimate of drug-likeness (QED) is 0.805. The first-order valence-corrected chi connectivity index (χ1v) is 11.3. The molecule has 2 N–H and O–H groups in total. The monoisotopic (exact) mass is 391 g/mol. The van der Waals surface area contributed by atoms with Crippen LogP contribution in [0.25, 0.3) is 11.5 Å². The number of hydrogen-bond acceptors (Lipinski definition) is 5. The Morgan fingerprint density at radius 1 is 1.30 bits per heavy atom. The molecule has 0 aromatic carbocycles. The molecule has 8 nitrogen and oxygen atoms in total. The van der Waals surface area contributed by atoms with Crippen LogP contribution in [-0.2, 0) is 14.6 Å². The van der Waals surface area contributed by atoms with Gasteiger partial charge in [-0.2, -0.15) is 0 Å². The van der Waals surface area contributed by atoms with Gasteiger partial charge in [0.15, 0.2) is 15.7 Å². The smallest absolute Gasteiger partial charge is 0.220 e. The van der Waals surface area contributed by atoms with Gasteiger partial charge in [0.05, 0.1) is 29.9 Å². The Morgan fingerprint density at radius 2 is 2.07 bits per heavy atom. The van der Waals surface area contributed by atoms with Crippen LogP contribution in [-0.4, -0.2) is 51.4 Å². The number of nitrogens with zero attached hydrogens (tertiary/aromatic N) is 3. The summed E-state index contributed by atoms with van der Waals surface area (Å²) < 4.78 is 26.5. The van der Waals surface area contributed by atoms with E-state index in [1.807, 2.05) is 11.5 Å². The lowest BCUT2D eigenvalue weighted by Gasteiger charge is -2.23. The first-order chi connectivity index (χ1) is 12.9. The maximum atomic E-state index is 12.5. The topological polar surface area (TPSA) is 110 Å². The lowest BCUT2D eigenvalue weighted by atomic mass is 10.0. The van der Waals surface area contributed by atoms with Crippen LogP contribution in [0.4, 0.5) is 0 Å². The Kier molecular flexibility index (Phi) is 4.79. The minimum Gasteiger partial charge on any atom is -0.350 e. The third kappa shape index (κ3) is 3.78. The highest BCUT2D eigenvalue weighted by molar-refractivity contribution is 7.91. The van der Waals surface area contributed by atoms with Crippen molar-refractivity contribution in [2.24, 2.45) is 5.92 Å². The van der Waals surface area contributed by atoms with Gasteiger partial charge in [0.2, 0.25) is 5.91 Å². The van der Waals surface area contributed by atoms with Crippen LogP contribution in [0.1, 0.15) is 43.8 Å². The molecule has 2 aliphatic rings. The van der Waals surface area contributed by atoms with E-state index < -0.39 is 15.9 Å². The minimum absolute atomic E-state index is 0.00575. The Labute approximate surface area is 158 Å². The molecule has 9 heteroatoms. The summed E-state index contributed by atoms with van der Waals surface area (Å²) in [6.07, 6.45) is 10.0. The Hall–Kier alpha value is -2.16. The molecular weight excluding hydrogens is 366 g/mol. The average Bonchev–Trinajstić information content (AvgIpc) is 3.34. The number of sulfone groups is 1. The fourth-order valence-electron chi connectivity index (χ4n) is 4.33. The number of H-pyrrole nitrogens is 1. The van der Waals surface area contributed by atoms with Crippen LogP contribution in [0.15, 0.2) is 18.7 Å². The van der Waals surface area contributed by atoms with Gasteiger partial charge in [0, 0.05) is 24.5 Å². The van der Waals surface area contributed by atoms with Crippen molar-refractivity contribution in [1.82, 2.24) is 24.8 Å². The van der Waals surface area contributed by atoms with E-state index in [4.69, 9.17) is 0 Å². The highest BCUT2D eigenvalue weighted by Gasteiger charge is 2.41. The molecule has 1 aliphatic heterocycles. The van der Waals surface area contributed by atoms with Crippen LogP contribution < -0.4 is 5.32 Å². The van der Waals surface area contributed by atoms with E-state index in [1.165, 1.54) is 12.8 Å². The van der Waals surface area contributed by atoms with Gasteiger partial charge in [-0.25, -0.2) is 18.4 Å². The van der Waals surface area contributed by atoms with Crippen LogP contribution in [0.5, 0.6) is 0 Å². The molecule has 4 rings (SSSR count). The van der Waals surface area contributed by atoms with Gasteiger partial charge in [-0.15, -0.1) is 0 Å². The molecule has 2 fully saturated rings. The third-order valence-electron chi connectivity index (χ3n) is 5.69. The highest BCUT2D eigenvalue weighted by atomic mass is 32.2. The fraction of sp³-hybridized carbons (Fsp3) is 0.611. The normalized spacial score (nSPS) is 25.1. The van der Waals surface area contributed by atoms with Crippen molar-refractivity contribution in [3.63, 3.8) is 0 Å². The zero-order valence-corrected chi connectivity index (χ0v) is 16.2. The van der Waals surface area contributed by atoms with Crippen molar-refractivity contribution in [2.75, 3.05) is 11.5 Å². The first kappa shape index (κ1) is 18.2. The van der Waals surface area contributed by atoms with E-state index >= 15 is 0 Å². The second-order valence-corrected chi connectivity index (χ2v) is 9.86. The van der Waals surface area contributed by atoms with Crippen molar-refractivity contribution >= 4 is 15.7 Å². The molecule has 1 aliphatic carbocycles. The van der Waals surface area contributed by atoms with Gasteiger partial charge in [-0.05, 0) is 25.7 Å². The standard InChI is InChI=1S/C18H25N5O3S/c1-12-17(21-11-20-12)18-19-6-7-23(18)15-10-27(25,26)9-14(15)22-16(24)8-13-4-2-3-5-13/h6-7,11,13-15H,2-5,8-10H2,1H3,(H,20,21)(H,22,24)/t14-,15-/m1/s1. The van der Waals surface area contributed by atoms with Gasteiger partial charge >= 0.3 is 0 Å². The zero-order chi connectivity index (χ0) is 19.0. The van der Waals surface area contributed by atoms with Crippen LogP contribution in [0.3, 0.4) is 0 Å². The first-order valence-electron chi connectivity index (χ1n) is 9.46. The predicted molar refractivity (Wildman–Crippen MR) is 101 cm³/mol. The van der Waals surface area contributed by atoms with Crippen molar-refractivity contribution in [3.8, 4) is 11.5 Å². The molecule has 1 saturated carbocycles. The van der Waals surface area contributed by atoms with Gasteiger partial charge in [0.25, 0.3) is 0 Å². The SMILES string of the molecule is Cc1[nH]cnc1-c1nccn1[C@@H]1CS(=O)(=O)C[C@H]1NC(=O)CC1CCCC1. The zero-order valence-electron chi connectivity index (χ0n) is 15.4. The van der Waals surface area contributed by atoms with E-state index in [0.717, 1.165) is 18.5 Å². The summed E-state index contributed by atoms with van der Waals surface area (Å²) in [5.41, 5.74) is 1.56. The second kappa shape index (κ2) is 7.10. The Bertz CT molecular complexity index is 926. The lowest BCUT2D eigenvalue weighted by Crippen LogP contribution is -2.41. The molecule has 1 amide bonds. The molecule has 2 aromatic heterocycles. The number of aromatic amines is 1. The van der Waals surface area contributed by atoms with E-state index in [9.17, 15) is 13.2 Å². The van der Waals surface area contributed by atoms with E-state index in [0.29, 0.717) is 23.9 Å². The number of imidazole rings is 2. The van der Waals surface area contributed by atoms with Crippen molar-refractivity contribution in [1.29, 1.82) is 0 Å². The van der Waals surface area contributed by atoms with Gasteiger partial charge in [-0.3, -0.25) is 4.79 Å². The number of aromatic nitrogens is 4. The number of carbonyl (C=O) groups excluding carboxylic acids is 1. The van der Waals surface area contributed by atoms with Crippen molar-refractivity contribution in [2.45, 2.75) is 51.1 Å². The summed E-state index contributed by atoms with van der Waals surface area (Å²) in [4.78, 5) is 24.2. The van der Waals surface area contributed by atoms with Crippen LogP contribution >= 0.6 is 0 Å². The van der Waals surface area contributed by atoms with E-state index in [1.54, 1.807) is 18.7 Å². The van der Waals surface area contributed by atoms with E-state index in [-0.39, 0.29) is 23.5 Å². The average molecular weight is 391 g/mol. The Morgan fingerprint density at radius 3 is 2.78 bits per heavy atom. The maximum absolute atomic E-state index is 12.5. The summed E-state index contributed by atoms with van der Waals surface area (Å²) in [6.45, 7) is 1.90. The molecule has 0 unspecified atom stereocenters. The molecule has 0 radical (unpaired) electrons. The van der Waals surface area contributed by atoms with Crippen molar-refractivity contribution < 1.29 is 13.2 Å². The van der Waals surface area contributed by atoms with Gasteiger partial charge < -0.3 is 14.9 Å². The molecule has 146 valence electrons. The molecule has 0 bridgehead atoms. The van der Waals surface area contributed by atoms with Crippen molar-refractivity contribution in [3.05, 3.63) is 24.4 Å². The second-order valence-electron chi connectivity index (χ2n) is 7.71. The molecular formula is C18H25N5O3S. The Balaban J connectivity index is 1.56. The number of carbonyl (C=O) groups is 1. The summed E-state index contributed by atoms with van der Waals surface area (Å²) in [7, 11) is -3.23. The number of rotatable bonds is 5. The molecule has 27 heavy (non-hydrogen) atoms. The number of amides is 1. The summed E-state index contributed by atoms with van der Waals surface area (Å²) in [6, 6.07) is -0.827. The summed E-state index contributed by atoms with van der Waals surface area (Å²) >= 11 is 0. The third-order valence-corrected chi connectivity index (χ3v) is 7.40. The maximum Gasteiger partial charge on any atom is 0.220 e. The number of nitrogens with one attached hydrogen (secondary N) is 2. The molecule has 1 saturated heterocycles. The van der Waals surface area contributed by atoms with E-state index in [2.05, 4.69) is 20.3 Å². The molecule has 2 aromatic rings. The predicted octanol–water partition coefficient (Wildman–Crippen LogP) is 1.62. The fourth-order valence-corrected chi connectivity index (χ4v) is 6.23.